The Kier molecular flexibility index (Phi) is 5.20. The Morgan fingerprint density at radius 3 is 2.93 bits per heavy atom. The first-order valence-electron chi connectivity index (χ1n) is 9.02. The van der Waals surface area contributed by atoms with E-state index in [0.717, 1.165) is 30.5 Å². The number of benzene rings is 1. The van der Waals surface area contributed by atoms with Crippen LogP contribution in [0, 0.1) is 6.92 Å². The lowest BCUT2D eigenvalue weighted by atomic mass is 9.98. The summed E-state index contributed by atoms with van der Waals surface area (Å²) in [6.07, 6.45) is 1.85. The molecule has 1 saturated heterocycles. The van der Waals surface area contributed by atoms with Gasteiger partial charge in [-0.15, -0.1) is 10.2 Å². The molecular formula is C20H21N3O3S. The molecule has 1 aromatic carbocycles. The number of aromatic nitrogens is 2. The van der Waals surface area contributed by atoms with Crippen LogP contribution in [0.25, 0.3) is 11.5 Å². The number of rotatable bonds is 5. The molecule has 0 N–H and O–H groups in total. The van der Waals surface area contributed by atoms with Crippen molar-refractivity contribution >= 4 is 17.2 Å². The summed E-state index contributed by atoms with van der Waals surface area (Å²) >= 11 is 1.59. The molecule has 1 atom stereocenters. The molecule has 1 aliphatic heterocycles. The fourth-order valence-corrected chi connectivity index (χ4v) is 3.81. The van der Waals surface area contributed by atoms with E-state index in [4.69, 9.17) is 9.15 Å². The van der Waals surface area contributed by atoms with Crippen LogP contribution in [-0.4, -0.2) is 40.7 Å². The molecule has 3 heterocycles. The first kappa shape index (κ1) is 17.7. The molecule has 0 saturated carbocycles. The van der Waals surface area contributed by atoms with Gasteiger partial charge in [-0.05, 0) is 43.3 Å². The van der Waals surface area contributed by atoms with Gasteiger partial charge >= 0.3 is 0 Å². The van der Waals surface area contributed by atoms with Crippen molar-refractivity contribution in [2.75, 3.05) is 19.7 Å². The number of ether oxygens (including phenoxy) is 1. The highest BCUT2D eigenvalue weighted by Gasteiger charge is 2.28. The summed E-state index contributed by atoms with van der Waals surface area (Å²) in [5.41, 5.74) is 2.10. The number of hydrogen-bond donors (Lipinski definition) is 0. The van der Waals surface area contributed by atoms with Gasteiger partial charge in [0.15, 0.2) is 6.61 Å². The van der Waals surface area contributed by atoms with Crippen LogP contribution in [0.4, 0.5) is 0 Å². The first-order valence-corrected chi connectivity index (χ1v) is 9.96. The number of carbonyl (C=O) groups excluding carboxylic acids is 1. The van der Waals surface area contributed by atoms with Crippen LogP contribution in [0.5, 0.6) is 5.75 Å². The highest BCUT2D eigenvalue weighted by Crippen LogP contribution is 2.29. The average Bonchev–Trinajstić information content (AvgIpc) is 3.39. The minimum Gasteiger partial charge on any atom is -0.484 e. The van der Waals surface area contributed by atoms with Crippen molar-refractivity contribution in [2.45, 2.75) is 25.7 Å². The summed E-state index contributed by atoms with van der Waals surface area (Å²) in [5.74, 6) is 1.91. The van der Waals surface area contributed by atoms with Gasteiger partial charge in [0.05, 0.1) is 5.92 Å². The Hall–Kier alpha value is -2.67. The number of thiophene rings is 1. The van der Waals surface area contributed by atoms with Crippen molar-refractivity contribution < 1.29 is 13.9 Å². The van der Waals surface area contributed by atoms with Crippen molar-refractivity contribution in [3.05, 3.63) is 52.5 Å². The highest BCUT2D eigenvalue weighted by molar-refractivity contribution is 7.08. The summed E-state index contributed by atoms with van der Waals surface area (Å²) in [6, 6.07) is 9.66. The Labute approximate surface area is 161 Å². The molecule has 1 fully saturated rings. The molecule has 27 heavy (non-hydrogen) atoms. The zero-order valence-corrected chi connectivity index (χ0v) is 15.9. The molecule has 2 aromatic heterocycles. The Morgan fingerprint density at radius 1 is 1.30 bits per heavy atom. The topological polar surface area (TPSA) is 68.5 Å². The van der Waals surface area contributed by atoms with Crippen LogP contribution in [0.3, 0.4) is 0 Å². The standard InChI is InChI=1S/C20H21N3O3S/c1-14-4-6-17(7-5-14)25-12-18(24)23-9-2-3-15(11-23)19-21-22-20(26-19)16-8-10-27-13-16/h4-8,10,13,15H,2-3,9,11-12H2,1H3. The molecule has 0 radical (unpaired) electrons. The normalized spacial score (nSPS) is 17.1. The largest absolute Gasteiger partial charge is 0.484 e. The number of carbonyl (C=O) groups is 1. The molecular weight excluding hydrogens is 362 g/mol. The first-order chi connectivity index (χ1) is 13.2. The van der Waals surface area contributed by atoms with Crippen molar-refractivity contribution in [3.63, 3.8) is 0 Å². The summed E-state index contributed by atoms with van der Waals surface area (Å²) in [6.45, 7) is 3.38. The monoisotopic (exact) mass is 383 g/mol. The van der Waals surface area contributed by atoms with Gasteiger partial charge in [-0.25, -0.2) is 0 Å². The van der Waals surface area contributed by atoms with E-state index in [2.05, 4.69) is 10.2 Å². The molecule has 6 nitrogen and oxygen atoms in total. The van der Waals surface area contributed by atoms with Gasteiger partial charge in [0, 0.05) is 24.0 Å². The second kappa shape index (κ2) is 7.92. The van der Waals surface area contributed by atoms with Crippen LogP contribution in [0.15, 0.2) is 45.5 Å². The lowest BCUT2D eigenvalue weighted by Gasteiger charge is -2.31. The molecule has 3 aromatic rings. The van der Waals surface area contributed by atoms with Gasteiger partial charge in [-0.3, -0.25) is 4.79 Å². The van der Waals surface area contributed by atoms with Crippen LogP contribution in [-0.2, 0) is 4.79 Å². The lowest BCUT2D eigenvalue weighted by molar-refractivity contribution is -0.134. The third-order valence-corrected chi connectivity index (χ3v) is 5.40. The number of amides is 1. The fourth-order valence-electron chi connectivity index (χ4n) is 3.18. The smallest absolute Gasteiger partial charge is 0.260 e. The van der Waals surface area contributed by atoms with Gasteiger partial charge in [0.2, 0.25) is 11.8 Å². The highest BCUT2D eigenvalue weighted by atomic mass is 32.1. The summed E-state index contributed by atoms with van der Waals surface area (Å²) in [7, 11) is 0. The number of piperidine rings is 1. The van der Waals surface area contributed by atoms with Crippen molar-refractivity contribution in [3.8, 4) is 17.2 Å². The van der Waals surface area contributed by atoms with Gasteiger partial charge in [-0.1, -0.05) is 17.7 Å². The number of hydrogen-bond acceptors (Lipinski definition) is 6. The van der Waals surface area contributed by atoms with Crippen LogP contribution in [0.1, 0.15) is 30.2 Å². The second-order valence-corrected chi connectivity index (χ2v) is 7.52. The molecule has 4 rings (SSSR count). The van der Waals surface area contributed by atoms with Crippen molar-refractivity contribution in [2.24, 2.45) is 0 Å². The molecule has 0 spiro atoms. The van der Waals surface area contributed by atoms with E-state index < -0.39 is 0 Å². The summed E-state index contributed by atoms with van der Waals surface area (Å²) in [5, 5.41) is 12.3. The van der Waals surface area contributed by atoms with E-state index in [1.165, 1.54) is 0 Å². The zero-order valence-electron chi connectivity index (χ0n) is 15.1. The average molecular weight is 383 g/mol. The van der Waals surface area contributed by atoms with Gasteiger partial charge < -0.3 is 14.1 Å². The van der Waals surface area contributed by atoms with E-state index in [-0.39, 0.29) is 18.4 Å². The Bertz CT molecular complexity index is 890. The maximum atomic E-state index is 12.5. The zero-order chi connectivity index (χ0) is 18.6. The summed E-state index contributed by atoms with van der Waals surface area (Å²) < 4.78 is 11.5. The fraction of sp³-hybridized carbons (Fsp3) is 0.350. The third-order valence-electron chi connectivity index (χ3n) is 4.72. The maximum Gasteiger partial charge on any atom is 0.260 e. The lowest BCUT2D eigenvalue weighted by Crippen LogP contribution is -2.41. The molecule has 1 aliphatic rings. The molecule has 140 valence electrons. The van der Waals surface area contributed by atoms with Crippen molar-refractivity contribution in [1.29, 1.82) is 0 Å². The van der Waals surface area contributed by atoms with Crippen molar-refractivity contribution in [1.82, 2.24) is 15.1 Å². The maximum absolute atomic E-state index is 12.5. The van der Waals surface area contributed by atoms with E-state index in [0.29, 0.717) is 24.1 Å². The number of nitrogens with zero attached hydrogens (tertiary/aromatic N) is 3. The predicted molar refractivity (Wildman–Crippen MR) is 103 cm³/mol. The van der Waals surface area contributed by atoms with Crippen LogP contribution >= 0.6 is 11.3 Å². The second-order valence-electron chi connectivity index (χ2n) is 6.74. The molecule has 1 amide bonds. The molecule has 7 heteroatoms. The molecule has 0 bridgehead atoms. The van der Waals surface area contributed by atoms with Gasteiger partial charge in [0.1, 0.15) is 5.75 Å². The van der Waals surface area contributed by atoms with Crippen LogP contribution < -0.4 is 4.74 Å². The molecule has 0 aliphatic carbocycles. The molecule has 1 unspecified atom stereocenters. The number of aryl methyl sites for hydroxylation is 1. The predicted octanol–water partition coefficient (Wildman–Crippen LogP) is 3.89. The SMILES string of the molecule is Cc1ccc(OCC(=O)N2CCCC(c3nnc(-c4ccsc4)o3)C2)cc1. The van der Waals surface area contributed by atoms with Crippen LogP contribution in [0.2, 0.25) is 0 Å². The quantitative estimate of drug-likeness (QED) is 0.669. The van der Waals surface area contributed by atoms with E-state index in [1.54, 1.807) is 11.3 Å². The minimum atomic E-state index is -0.0159. The minimum absolute atomic E-state index is 0.0159. The van der Waals surface area contributed by atoms with E-state index in [1.807, 2.05) is 52.9 Å². The van der Waals surface area contributed by atoms with E-state index in [9.17, 15) is 4.79 Å². The van der Waals surface area contributed by atoms with E-state index >= 15 is 0 Å². The van der Waals surface area contributed by atoms with Gasteiger partial charge in [0.25, 0.3) is 5.91 Å². The third kappa shape index (κ3) is 4.19. The number of likely N-dealkylation sites (tertiary alicyclic amines) is 1. The Balaban J connectivity index is 1.36. The van der Waals surface area contributed by atoms with Gasteiger partial charge in [-0.2, -0.15) is 11.3 Å². The summed E-state index contributed by atoms with van der Waals surface area (Å²) in [4.78, 5) is 14.4. The Morgan fingerprint density at radius 2 is 2.15 bits per heavy atom.